The number of hydrogen-bond donors (Lipinski definition) is 2. The lowest BCUT2D eigenvalue weighted by Gasteiger charge is -2.11. The van der Waals surface area contributed by atoms with Crippen LogP contribution in [0.1, 0.15) is 27.2 Å². The summed E-state index contributed by atoms with van der Waals surface area (Å²) in [5.41, 5.74) is 2.68. The third kappa shape index (κ3) is 4.30. The van der Waals surface area contributed by atoms with Gasteiger partial charge in [0.05, 0.1) is 29.3 Å². The fourth-order valence-electron chi connectivity index (χ4n) is 3.30. The van der Waals surface area contributed by atoms with Crippen molar-refractivity contribution in [2.24, 2.45) is 0 Å². The summed E-state index contributed by atoms with van der Waals surface area (Å²) in [5.74, 6) is -1.25. The molecule has 0 bridgehead atoms. The largest absolute Gasteiger partial charge is 0.495 e. The van der Waals surface area contributed by atoms with Gasteiger partial charge in [0.25, 0.3) is 5.91 Å². The zero-order valence-electron chi connectivity index (χ0n) is 16.7. The van der Waals surface area contributed by atoms with Crippen LogP contribution in [-0.2, 0) is 6.54 Å². The van der Waals surface area contributed by atoms with Crippen LogP contribution in [0.4, 0.5) is 8.78 Å². The molecule has 0 radical (unpaired) electrons. The van der Waals surface area contributed by atoms with Crippen LogP contribution >= 0.6 is 0 Å². The van der Waals surface area contributed by atoms with Crippen molar-refractivity contribution in [2.75, 3.05) is 7.11 Å². The molecule has 0 unspecified atom stereocenters. The van der Waals surface area contributed by atoms with Crippen molar-refractivity contribution in [3.8, 4) is 5.75 Å². The van der Waals surface area contributed by atoms with Crippen LogP contribution in [0, 0.1) is 11.6 Å². The van der Waals surface area contributed by atoms with Crippen LogP contribution < -0.4 is 10.1 Å². The summed E-state index contributed by atoms with van der Waals surface area (Å²) in [5, 5.41) is 10.6. The molecule has 4 aromatic rings. The molecule has 3 aromatic carbocycles. The maximum Gasteiger partial charge on any atom is 0.255 e. The minimum absolute atomic E-state index is 0.216. The predicted octanol–water partition coefficient (Wildman–Crippen LogP) is 4.95. The van der Waals surface area contributed by atoms with Crippen molar-refractivity contribution >= 4 is 29.0 Å². The Morgan fingerprint density at radius 1 is 1.10 bits per heavy atom. The topological polar surface area (TPSA) is 67.0 Å². The molecule has 1 amide bonds. The first-order valence-corrected chi connectivity index (χ1v) is 9.57. The molecule has 1 aromatic heterocycles. The van der Waals surface area contributed by atoms with E-state index in [2.05, 4.69) is 15.5 Å². The highest BCUT2D eigenvalue weighted by atomic mass is 19.1. The molecule has 0 aliphatic rings. The van der Waals surface area contributed by atoms with Gasteiger partial charge in [0.1, 0.15) is 17.4 Å². The molecule has 7 heteroatoms. The highest BCUT2D eigenvalue weighted by Gasteiger charge is 2.18. The molecule has 0 fully saturated rings. The van der Waals surface area contributed by atoms with Gasteiger partial charge in [-0.1, -0.05) is 30.3 Å². The Bertz CT molecular complexity index is 1270. The summed E-state index contributed by atoms with van der Waals surface area (Å²) in [6.45, 7) is 0.378. The van der Waals surface area contributed by atoms with Gasteiger partial charge in [-0.25, -0.2) is 8.78 Å². The molecule has 5 nitrogen and oxygen atoms in total. The Kier molecular flexibility index (Phi) is 5.75. The first-order chi connectivity index (χ1) is 15.1. The van der Waals surface area contributed by atoms with Gasteiger partial charge in [0, 0.05) is 18.2 Å². The molecule has 0 atom stereocenters. The maximum atomic E-state index is 13.9. The number of hydrogen-bond acceptors (Lipinski definition) is 3. The SMILES string of the molecule is COc1c(C(=O)NCc2ccccc2)ccc2[nH]nc(C=Cc3ccc(F)cc3F)c12. The van der Waals surface area contributed by atoms with E-state index < -0.39 is 11.6 Å². The normalized spacial score (nSPS) is 11.2. The first kappa shape index (κ1) is 20.3. The summed E-state index contributed by atoms with van der Waals surface area (Å²) < 4.78 is 32.6. The average molecular weight is 419 g/mol. The van der Waals surface area contributed by atoms with Gasteiger partial charge < -0.3 is 10.1 Å². The number of aromatic nitrogens is 2. The Morgan fingerprint density at radius 2 is 1.90 bits per heavy atom. The van der Waals surface area contributed by atoms with E-state index in [1.54, 1.807) is 18.2 Å². The van der Waals surface area contributed by atoms with E-state index in [0.717, 1.165) is 11.6 Å². The van der Waals surface area contributed by atoms with Gasteiger partial charge in [-0.2, -0.15) is 5.10 Å². The van der Waals surface area contributed by atoms with Gasteiger partial charge in [-0.05, 0) is 42.0 Å². The van der Waals surface area contributed by atoms with Crippen molar-refractivity contribution in [1.29, 1.82) is 0 Å². The number of benzene rings is 3. The number of methoxy groups -OCH3 is 1. The number of aromatic amines is 1. The molecule has 0 saturated carbocycles. The van der Waals surface area contributed by atoms with E-state index in [1.807, 2.05) is 30.3 Å². The Balaban J connectivity index is 1.66. The highest BCUT2D eigenvalue weighted by Crippen LogP contribution is 2.32. The number of H-pyrrole nitrogens is 1. The number of rotatable bonds is 6. The first-order valence-electron chi connectivity index (χ1n) is 9.57. The third-order valence-corrected chi connectivity index (χ3v) is 4.84. The standard InChI is InChI=1S/C24H19F2N3O2/c1-31-23-18(24(30)27-14-15-5-3-2-4-6-15)10-12-21-22(23)20(28-29-21)11-8-16-7-9-17(25)13-19(16)26/h2-13H,14H2,1H3,(H,27,30)(H,28,29). The van der Waals surface area contributed by atoms with Crippen LogP contribution in [0.5, 0.6) is 5.75 Å². The van der Waals surface area contributed by atoms with Gasteiger partial charge >= 0.3 is 0 Å². The summed E-state index contributed by atoms with van der Waals surface area (Å²) >= 11 is 0. The lowest BCUT2D eigenvalue weighted by atomic mass is 10.1. The Labute approximate surface area is 177 Å². The highest BCUT2D eigenvalue weighted by molar-refractivity contribution is 6.05. The van der Waals surface area contributed by atoms with Crippen LogP contribution in [0.15, 0.2) is 60.7 Å². The zero-order valence-corrected chi connectivity index (χ0v) is 16.7. The van der Waals surface area contributed by atoms with Crippen molar-refractivity contribution < 1.29 is 18.3 Å². The number of amides is 1. The molecule has 31 heavy (non-hydrogen) atoms. The zero-order chi connectivity index (χ0) is 21.8. The second-order valence-electron chi connectivity index (χ2n) is 6.85. The van der Waals surface area contributed by atoms with Gasteiger partial charge in [-0.3, -0.25) is 9.89 Å². The van der Waals surface area contributed by atoms with Crippen LogP contribution in [0.2, 0.25) is 0 Å². The molecule has 2 N–H and O–H groups in total. The predicted molar refractivity (Wildman–Crippen MR) is 116 cm³/mol. The third-order valence-electron chi connectivity index (χ3n) is 4.84. The van der Waals surface area contributed by atoms with Crippen molar-refractivity contribution in [2.45, 2.75) is 6.54 Å². The van der Waals surface area contributed by atoms with E-state index in [4.69, 9.17) is 4.74 Å². The number of fused-ring (bicyclic) bond motifs is 1. The van der Waals surface area contributed by atoms with Crippen molar-refractivity contribution in [1.82, 2.24) is 15.5 Å². The molecule has 0 aliphatic heterocycles. The Morgan fingerprint density at radius 3 is 2.65 bits per heavy atom. The monoisotopic (exact) mass is 419 g/mol. The van der Waals surface area contributed by atoms with E-state index in [9.17, 15) is 13.6 Å². The van der Waals surface area contributed by atoms with Gasteiger partial charge in [-0.15, -0.1) is 0 Å². The van der Waals surface area contributed by atoms with Crippen molar-refractivity contribution in [3.63, 3.8) is 0 Å². The number of carbonyl (C=O) groups excluding carboxylic acids is 1. The number of nitrogens with zero attached hydrogens (tertiary/aromatic N) is 1. The fraction of sp³-hybridized carbons (Fsp3) is 0.0833. The molecule has 156 valence electrons. The van der Waals surface area contributed by atoms with E-state index in [0.29, 0.717) is 34.5 Å². The Hall–Kier alpha value is -4.00. The summed E-state index contributed by atoms with van der Waals surface area (Å²) in [7, 11) is 1.48. The summed E-state index contributed by atoms with van der Waals surface area (Å²) in [6, 6.07) is 16.3. The maximum absolute atomic E-state index is 13.9. The van der Waals surface area contributed by atoms with Crippen LogP contribution in [-0.4, -0.2) is 23.2 Å². The molecule has 4 rings (SSSR count). The minimum atomic E-state index is -0.677. The van der Waals surface area contributed by atoms with Gasteiger partial charge in [0.15, 0.2) is 0 Å². The van der Waals surface area contributed by atoms with Crippen molar-refractivity contribution in [3.05, 3.63) is 94.7 Å². The molecule has 0 saturated heterocycles. The van der Waals surface area contributed by atoms with E-state index in [1.165, 1.54) is 25.3 Å². The second kappa shape index (κ2) is 8.79. The number of ether oxygens (including phenoxy) is 1. The lowest BCUT2D eigenvalue weighted by molar-refractivity contribution is 0.0948. The molecular weight excluding hydrogens is 400 g/mol. The average Bonchev–Trinajstić information content (AvgIpc) is 3.20. The van der Waals surface area contributed by atoms with Crippen LogP contribution in [0.3, 0.4) is 0 Å². The van der Waals surface area contributed by atoms with Gasteiger partial charge in [0.2, 0.25) is 0 Å². The number of carbonyl (C=O) groups is 1. The molecular formula is C24H19F2N3O2. The number of halogens is 2. The minimum Gasteiger partial charge on any atom is -0.495 e. The van der Waals surface area contributed by atoms with Crippen LogP contribution in [0.25, 0.3) is 23.1 Å². The second-order valence-corrected chi connectivity index (χ2v) is 6.85. The lowest BCUT2D eigenvalue weighted by Crippen LogP contribution is -2.23. The molecule has 0 spiro atoms. The van der Waals surface area contributed by atoms with E-state index in [-0.39, 0.29) is 11.5 Å². The van der Waals surface area contributed by atoms with E-state index >= 15 is 0 Å². The fourth-order valence-corrected chi connectivity index (χ4v) is 3.30. The summed E-state index contributed by atoms with van der Waals surface area (Å²) in [4.78, 5) is 12.8. The number of nitrogens with one attached hydrogen (secondary N) is 2. The quantitative estimate of drug-likeness (QED) is 0.465. The molecule has 0 aliphatic carbocycles. The summed E-state index contributed by atoms with van der Waals surface area (Å²) in [6.07, 6.45) is 3.08. The molecule has 1 heterocycles. The smallest absolute Gasteiger partial charge is 0.255 e.